The zero-order valence-corrected chi connectivity index (χ0v) is 12.5. The molecule has 0 heterocycles. The first-order valence-electron chi connectivity index (χ1n) is 7.22. The number of alkyl halides is 3. The van der Waals surface area contributed by atoms with Crippen LogP contribution in [0.1, 0.15) is 37.7 Å². The van der Waals surface area contributed by atoms with Gasteiger partial charge < -0.3 is 10.4 Å². The van der Waals surface area contributed by atoms with Crippen molar-refractivity contribution >= 4 is 11.7 Å². The van der Waals surface area contributed by atoms with Crippen molar-refractivity contribution in [2.75, 3.05) is 5.32 Å². The lowest BCUT2D eigenvalue weighted by molar-refractivity contribution is -0.140. The molecular formula is C16H19F4NO2. The fraction of sp³-hybridized carbons (Fsp3) is 0.438. The highest BCUT2D eigenvalue weighted by molar-refractivity contribution is 5.77. The molecule has 0 saturated carbocycles. The molecule has 0 bridgehead atoms. The second-order valence-electron chi connectivity index (χ2n) is 5.15. The van der Waals surface area contributed by atoms with Crippen molar-refractivity contribution in [3.05, 3.63) is 42.2 Å². The molecule has 0 spiro atoms. The summed E-state index contributed by atoms with van der Waals surface area (Å²) in [5.41, 5.74) is -1.49. The number of carbonyl (C=O) groups is 1. The summed E-state index contributed by atoms with van der Waals surface area (Å²) < 4.78 is 51.2. The lowest BCUT2D eigenvalue weighted by Crippen LogP contribution is -2.29. The quantitative estimate of drug-likeness (QED) is 0.386. The van der Waals surface area contributed by atoms with E-state index in [-0.39, 0.29) is 12.1 Å². The van der Waals surface area contributed by atoms with Gasteiger partial charge in [0.1, 0.15) is 11.9 Å². The summed E-state index contributed by atoms with van der Waals surface area (Å²) in [7, 11) is 0. The van der Waals surface area contributed by atoms with Crippen LogP contribution in [0.15, 0.2) is 30.9 Å². The van der Waals surface area contributed by atoms with Gasteiger partial charge in [0.25, 0.3) is 0 Å². The lowest BCUT2D eigenvalue weighted by Gasteiger charge is -2.17. The smallest absolute Gasteiger partial charge is 0.419 e. The number of hydrogen-bond donors (Lipinski definition) is 2. The standard InChI is InChI=1S/C16H19F4NO2/c1-2-3-4-5-6-7-14(15(22)23)21-11-8-9-13(17)12(10-11)16(18,19)20/h2,8-10,14,21H,1,3-7H2,(H,22,23). The van der Waals surface area contributed by atoms with Crippen molar-refractivity contribution < 1.29 is 27.5 Å². The molecule has 1 atom stereocenters. The van der Waals surface area contributed by atoms with Gasteiger partial charge in [0.15, 0.2) is 0 Å². The molecule has 0 aliphatic rings. The average molecular weight is 333 g/mol. The van der Waals surface area contributed by atoms with Crippen LogP contribution in [0.5, 0.6) is 0 Å². The molecule has 0 amide bonds. The molecule has 3 nitrogen and oxygen atoms in total. The Hall–Kier alpha value is -2.05. The third-order valence-corrected chi connectivity index (χ3v) is 3.31. The Morgan fingerprint density at radius 2 is 2.00 bits per heavy atom. The van der Waals surface area contributed by atoms with Gasteiger partial charge in [-0.25, -0.2) is 9.18 Å². The molecule has 0 saturated heterocycles. The Kier molecular flexibility index (Phi) is 7.06. The molecule has 1 aromatic carbocycles. The van der Waals surface area contributed by atoms with Crippen LogP contribution in [0.2, 0.25) is 0 Å². The van der Waals surface area contributed by atoms with Crippen molar-refractivity contribution in [3.8, 4) is 0 Å². The van der Waals surface area contributed by atoms with Crippen molar-refractivity contribution in [3.63, 3.8) is 0 Å². The Morgan fingerprint density at radius 1 is 1.30 bits per heavy atom. The van der Waals surface area contributed by atoms with Gasteiger partial charge >= 0.3 is 12.1 Å². The summed E-state index contributed by atoms with van der Waals surface area (Å²) in [5, 5.41) is 11.7. The minimum Gasteiger partial charge on any atom is -0.480 e. The first-order valence-corrected chi connectivity index (χ1v) is 7.22. The van der Waals surface area contributed by atoms with E-state index in [0.717, 1.165) is 25.3 Å². The van der Waals surface area contributed by atoms with Crippen LogP contribution in [0.25, 0.3) is 0 Å². The van der Waals surface area contributed by atoms with Gasteiger partial charge in [0, 0.05) is 5.69 Å². The normalized spacial score (nSPS) is 12.7. The van der Waals surface area contributed by atoms with Crippen molar-refractivity contribution in [1.82, 2.24) is 0 Å². The second kappa shape index (κ2) is 8.55. The van der Waals surface area contributed by atoms with E-state index in [4.69, 9.17) is 5.11 Å². The predicted octanol–water partition coefficient (Wildman–Crippen LogP) is 4.85. The molecule has 0 radical (unpaired) electrons. The largest absolute Gasteiger partial charge is 0.480 e. The van der Waals surface area contributed by atoms with Crippen LogP contribution < -0.4 is 5.32 Å². The third kappa shape index (κ3) is 6.30. The molecule has 0 fully saturated rings. The summed E-state index contributed by atoms with van der Waals surface area (Å²) >= 11 is 0. The maximum atomic E-state index is 13.2. The third-order valence-electron chi connectivity index (χ3n) is 3.31. The molecule has 0 aliphatic carbocycles. The number of benzene rings is 1. The maximum absolute atomic E-state index is 13.2. The first-order chi connectivity index (χ1) is 10.8. The van der Waals surface area contributed by atoms with Crippen LogP contribution in [-0.4, -0.2) is 17.1 Å². The van der Waals surface area contributed by atoms with Gasteiger partial charge in [-0.1, -0.05) is 18.9 Å². The molecule has 1 rings (SSSR count). The minimum absolute atomic E-state index is 0.0720. The number of carboxylic acid groups (broad SMARTS) is 1. The molecule has 1 unspecified atom stereocenters. The summed E-state index contributed by atoms with van der Waals surface area (Å²) in [6.07, 6.45) is 0.336. The summed E-state index contributed by atoms with van der Waals surface area (Å²) in [6.45, 7) is 3.58. The highest BCUT2D eigenvalue weighted by atomic mass is 19.4. The number of hydrogen-bond acceptors (Lipinski definition) is 2. The molecule has 2 N–H and O–H groups in total. The fourth-order valence-corrected chi connectivity index (χ4v) is 2.10. The molecule has 0 aromatic heterocycles. The van der Waals surface area contributed by atoms with Gasteiger partial charge in [0.2, 0.25) is 0 Å². The van der Waals surface area contributed by atoms with E-state index in [9.17, 15) is 22.4 Å². The molecule has 7 heteroatoms. The van der Waals surface area contributed by atoms with Crippen molar-refractivity contribution in [1.29, 1.82) is 0 Å². The Bertz CT molecular complexity index is 543. The topological polar surface area (TPSA) is 49.3 Å². The van der Waals surface area contributed by atoms with Crippen molar-refractivity contribution in [2.24, 2.45) is 0 Å². The van der Waals surface area contributed by atoms with Gasteiger partial charge in [-0.2, -0.15) is 13.2 Å². The molecule has 23 heavy (non-hydrogen) atoms. The predicted molar refractivity (Wildman–Crippen MR) is 79.7 cm³/mol. The monoisotopic (exact) mass is 333 g/mol. The minimum atomic E-state index is -4.83. The lowest BCUT2D eigenvalue weighted by atomic mass is 10.1. The van der Waals surface area contributed by atoms with E-state index in [1.807, 2.05) is 0 Å². The Balaban J connectivity index is 2.73. The van der Waals surface area contributed by atoms with E-state index >= 15 is 0 Å². The van der Waals surface area contributed by atoms with Gasteiger partial charge in [-0.05, 0) is 37.5 Å². The summed E-state index contributed by atoms with van der Waals surface area (Å²) in [6, 6.07) is 1.33. The molecule has 128 valence electrons. The van der Waals surface area contributed by atoms with Gasteiger partial charge in [-0.15, -0.1) is 6.58 Å². The van der Waals surface area contributed by atoms with Gasteiger partial charge in [-0.3, -0.25) is 0 Å². The number of aliphatic carboxylic acids is 1. The zero-order chi connectivity index (χ0) is 17.5. The Labute approximate surface area is 132 Å². The second-order valence-corrected chi connectivity index (χ2v) is 5.15. The number of carboxylic acids is 1. The van der Waals surface area contributed by atoms with E-state index in [1.54, 1.807) is 6.08 Å². The number of rotatable bonds is 9. The highest BCUT2D eigenvalue weighted by Gasteiger charge is 2.34. The zero-order valence-electron chi connectivity index (χ0n) is 12.5. The summed E-state index contributed by atoms with van der Waals surface area (Å²) in [4.78, 5) is 11.2. The maximum Gasteiger partial charge on any atom is 0.419 e. The number of nitrogens with one attached hydrogen (secondary N) is 1. The van der Waals surface area contributed by atoms with Crippen LogP contribution in [0.4, 0.5) is 23.2 Å². The van der Waals surface area contributed by atoms with E-state index in [2.05, 4.69) is 11.9 Å². The fourth-order valence-electron chi connectivity index (χ4n) is 2.10. The number of allylic oxidation sites excluding steroid dienone is 1. The van der Waals surface area contributed by atoms with E-state index < -0.39 is 29.6 Å². The average Bonchev–Trinajstić information content (AvgIpc) is 2.46. The number of halogens is 4. The van der Waals surface area contributed by atoms with Crippen LogP contribution >= 0.6 is 0 Å². The number of anilines is 1. The van der Waals surface area contributed by atoms with Crippen molar-refractivity contribution in [2.45, 2.75) is 44.3 Å². The highest BCUT2D eigenvalue weighted by Crippen LogP contribution is 2.33. The molecule has 1 aromatic rings. The van der Waals surface area contributed by atoms with Gasteiger partial charge in [0.05, 0.1) is 5.56 Å². The number of unbranched alkanes of at least 4 members (excludes halogenated alkanes) is 3. The molecular weight excluding hydrogens is 314 g/mol. The van der Waals surface area contributed by atoms with E-state index in [1.165, 1.54) is 0 Å². The SMILES string of the molecule is C=CCCCCCC(Nc1ccc(F)c(C(F)(F)F)c1)C(=O)O. The molecule has 0 aliphatic heterocycles. The summed E-state index contributed by atoms with van der Waals surface area (Å²) in [5.74, 6) is -2.55. The Morgan fingerprint density at radius 3 is 2.57 bits per heavy atom. The first kappa shape index (κ1) is 19.0. The van der Waals surface area contributed by atoms with Crippen LogP contribution in [0, 0.1) is 5.82 Å². The van der Waals surface area contributed by atoms with E-state index in [0.29, 0.717) is 18.6 Å². The van der Waals surface area contributed by atoms with Crippen LogP contribution in [0.3, 0.4) is 0 Å². The van der Waals surface area contributed by atoms with Crippen LogP contribution in [-0.2, 0) is 11.0 Å².